The fourth-order valence-electron chi connectivity index (χ4n) is 1.62. The Hall–Kier alpha value is -2.48. The van der Waals surface area contributed by atoms with E-state index in [-0.39, 0.29) is 4.77 Å². The van der Waals surface area contributed by atoms with Gasteiger partial charge in [0.25, 0.3) is 5.56 Å². The van der Waals surface area contributed by atoms with Gasteiger partial charge >= 0.3 is 0 Å². The van der Waals surface area contributed by atoms with Gasteiger partial charge in [-0.3, -0.25) is 9.89 Å². The van der Waals surface area contributed by atoms with Crippen molar-refractivity contribution in [1.82, 2.24) is 14.9 Å². The first kappa shape index (κ1) is 14.9. The second-order valence-electron chi connectivity index (χ2n) is 3.91. The summed E-state index contributed by atoms with van der Waals surface area (Å²) in [6.07, 6.45) is 2.61. The topological polar surface area (TPSA) is 81.5 Å². The van der Waals surface area contributed by atoms with E-state index in [1.807, 2.05) is 6.92 Å². The Kier molecular flexibility index (Phi) is 4.83. The summed E-state index contributed by atoms with van der Waals surface area (Å²) in [6, 6.07) is 5.34. The van der Waals surface area contributed by atoms with E-state index in [2.05, 4.69) is 15.3 Å². The van der Waals surface area contributed by atoms with Crippen molar-refractivity contribution in [2.75, 3.05) is 13.7 Å². The second-order valence-corrected chi connectivity index (χ2v) is 4.30. The van der Waals surface area contributed by atoms with Crippen molar-refractivity contribution in [3.63, 3.8) is 0 Å². The Morgan fingerprint density at radius 1 is 1.48 bits per heavy atom. The van der Waals surface area contributed by atoms with Gasteiger partial charge in [0.1, 0.15) is 6.20 Å². The standard InChI is InChI=1S/C13H14N4O3S/c1-3-20-10-5-4-9(6-11(10)19-2)7-15-17-12(18)8-14-16-13(17)21/h4-8H,3H2,1-2H3,(H,16,21)/b15-7-. The normalized spacial score (nSPS) is 10.8. The van der Waals surface area contributed by atoms with Crippen LogP contribution in [0.15, 0.2) is 34.3 Å². The lowest BCUT2D eigenvalue weighted by molar-refractivity contribution is 0.311. The van der Waals surface area contributed by atoms with Crippen molar-refractivity contribution in [3.05, 3.63) is 45.1 Å². The Bertz CT molecular complexity index is 738. The number of aromatic nitrogens is 3. The second kappa shape index (κ2) is 6.80. The summed E-state index contributed by atoms with van der Waals surface area (Å²) in [4.78, 5) is 11.6. The quantitative estimate of drug-likeness (QED) is 0.670. The number of rotatable bonds is 5. The Labute approximate surface area is 125 Å². The molecular weight excluding hydrogens is 292 g/mol. The van der Waals surface area contributed by atoms with Gasteiger partial charge < -0.3 is 9.47 Å². The number of nitrogens with one attached hydrogen (secondary N) is 1. The minimum Gasteiger partial charge on any atom is -0.493 e. The molecule has 0 saturated heterocycles. The van der Waals surface area contributed by atoms with E-state index in [9.17, 15) is 4.79 Å². The summed E-state index contributed by atoms with van der Waals surface area (Å²) in [6.45, 7) is 2.44. The van der Waals surface area contributed by atoms with Crippen LogP contribution in [0.25, 0.3) is 0 Å². The molecule has 0 fully saturated rings. The van der Waals surface area contributed by atoms with E-state index in [1.54, 1.807) is 25.3 Å². The highest BCUT2D eigenvalue weighted by Crippen LogP contribution is 2.27. The van der Waals surface area contributed by atoms with E-state index in [4.69, 9.17) is 21.7 Å². The van der Waals surface area contributed by atoms with Gasteiger partial charge in [0.15, 0.2) is 11.5 Å². The van der Waals surface area contributed by atoms with Crippen molar-refractivity contribution < 1.29 is 9.47 Å². The molecule has 110 valence electrons. The van der Waals surface area contributed by atoms with Crippen LogP contribution in [0.1, 0.15) is 12.5 Å². The Balaban J connectivity index is 2.33. The van der Waals surface area contributed by atoms with Gasteiger partial charge in [0.05, 0.1) is 19.9 Å². The molecule has 1 aromatic carbocycles. The molecule has 0 atom stereocenters. The maximum absolute atomic E-state index is 11.6. The summed E-state index contributed by atoms with van der Waals surface area (Å²) in [5.41, 5.74) is 0.335. The number of methoxy groups -OCH3 is 1. The number of aromatic amines is 1. The molecule has 7 nitrogen and oxygen atoms in total. The van der Waals surface area contributed by atoms with Gasteiger partial charge in [-0.2, -0.15) is 14.9 Å². The molecule has 0 spiro atoms. The summed E-state index contributed by atoms with van der Waals surface area (Å²) in [7, 11) is 1.56. The fourth-order valence-corrected chi connectivity index (χ4v) is 1.81. The molecule has 8 heteroatoms. The fraction of sp³-hybridized carbons (Fsp3) is 0.231. The highest BCUT2D eigenvalue weighted by molar-refractivity contribution is 7.71. The third kappa shape index (κ3) is 3.54. The predicted octanol–water partition coefficient (Wildman–Crippen LogP) is 1.59. The van der Waals surface area contributed by atoms with Gasteiger partial charge in [-0.15, -0.1) is 0 Å². The first-order chi connectivity index (χ1) is 10.2. The molecular formula is C13H14N4O3S. The monoisotopic (exact) mass is 306 g/mol. The van der Waals surface area contributed by atoms with Crippen LogP contribution in [0.2, 0.25) is 0 Å². The number of hydrogen-bond acceptors (Lipinski definition) is 6. The van der Waals surface area contributed by atoms with E-state index in [0.717, 1.165) is 16.4 Å². The summed E-state index contributed by atoms with van der Waals surface area (Å²) >= 11 is 4.95. The van der Waals surface area contributed by atoms with Gasteiger partial charge in [0, 0.05) is 0 Å². The lowest BCUT2D eigenvalue weighted by atomic mass is 10.2. The van der Waals surface area contributed by atoms with Crippen LogP contribution in [0.5, 0.6) is 11.5 Å². The number of benzene rings is 1. The van der Waals surface area contributed by atoms with Gasteiger partial charge in [0.2, 0.25) is 4.77 Å². The predicted molar refractivity (Wildman–Crippen MR) is 80.8 cm³/mol. The third-order valence-electron chi connectivity index (χ3n) is 2.55. The van der Waals surface area contributed by atoms with Crippen LogP contribution in [0.4, 0.5) is 0 Å². The highest BCUT2D eigenvalue weighted by atomic mass is 32.1. The molecule has 21 heavy (non-hydrogen) atoms. The first-order valence-electron chi connectivity index (χ1n) is 6.17. The van der Waals surface area contributed by atoms with Gasteiger partial charge in [-0.25, -0.2) is 0 Å². The van der Waals surface area contributed by atoms with Gasteiger partial charge in [-0.1, -0.05) is 0 Å². The SMILES string of the molecule is CCOc1ccc(/C=N\n2c(=O)cn[nH]c2=S)cc1OC. The minimum atomic E-state index is -0.409. The third-order valence-corrected chi connectivity index (χ3v) is 2.81. The average Bonchev–Trinajstić information content (AvgIpc) is 2.48. The van der Waals surface area contributed by atoms with Crippen molar-refractivity contribution in [2.24, 2.45) is 5.10 Å². The van der Waals surface area contributed by atoms with Crippen molar-refractivity contribution >= 4 is 18.4 Å². The molecule has 0 bridgehead atoms. The maximum Gasteiger partial charge on any atom is 0.293 e. The van der Waals surface area contributed by atoms with Crippen molar-refractivity contribution in [3.8, 4) is 11.5 Å². The van der Waals surface area contributed by atoms with E-state index in [0.29, 0.717) is 18.1 Å². The number of hydrogen-bond donors (Lipinski definition) is 1. The van der Waals surface area contributed by atoms with Crippen molar-refractivity contribution in [1.29, 1.82) is 0 Å². The minimum absolute atomic E-state index is 0.122. The van der Waals surface area contributed by atoms with E-state index < -0.39 is 5.56 Å². The Morgan fingerprint density at radius 2 is 2.29 bits per heavy atom. The molecule has 0 aliphatic heterocycles. The molecule has 0 unspecified atom stereocenters. The van der Waals surface area contributed by atoms with Crippen LogP contribution in [-0.4, -0.2) is 34.8 Å². The summed E-state index contributed by atoms with van der Waals surface area (Å²) < 4.78 is 11.8. The number of nitrogens with zero attached hydrogens (tertiary/aromatic N) is 3. The largest absolute Gasteiger partial charge is 0.493 e. The molecule has 0 saturated carbocycles. The smallest absolute Gasteiger partial charge is 0.293 e. The van der Waals surface area contributed by atoms with Crippen LogP contribution in [0, 0.1) is 4.77 Å². The van der Waals surface area contributed by atoms with Gasteiger partial charge in [-0.05, 0) is 42.9 Å². The highest BCUT2D eigenvalue weighted by Gasteiger charge is 2.04. The van der Waals surface area contributed by atoms with E-state index in [1.165, 1.54) is 6.21 Å². The van der Waals surface area contributed by atoms with E-state index >= 15 is 0 Å². The van der Waals surface area contributed by atoms with Crippen LogP contribution >= 0.6 is 12.2 Å². The summed E-state index contributed by atoms with van der Waals surface area (Å²) in [5, 5.41) is 10.1. The summed E-state index contributed by atoms with van der Waals surface area (Å²) in [5.74, 6) is 1.24. The first-order valence-corrected chi connectivity index (χ1v) is 6.58. The zero-order valence-corrected chi connectivity index (χ0v) is 12.4. The van der Waals surface area contributed by atoms with Crippen molar-refractivity contribution in [2.45, 2.75) is 6.92 Å². The molecule has 0 amide bonds. The average molecular weight is 306 g/mol. The zero-order valence-electron chi connectivity index (χ0n) is 11.6. The molecule has 1 N–H and O–H groups in total. The zero-order chi connectivity index (χ0) is 15.2. The lowest BCUT2D eigenvalue weighted by Crippen LogP contribution is -2.18. The molecule has 0 aliphatic carbocycles. The maximum atomic E-state index is 11.6. The van der Waals surface area contributed by atoms with Crippen LogP contribution in [0.3, 0.4) is 0 Å². The molecule has 1 aromatic heterocycles. The van der Waals surface area contributed by atoms with Crippen LogP contribution < -0.4 is 15.0 Å². The number of ether oxygens (including phenoxy) is 2. The molecule has 2 aromatic rings. The molecule has 1 heterocycles. The molecule has 0 aliphatic rings. The number of H-pyrrole nitrogens is 1. The molecule has 2 rings (SSSR count). The lowest BCUT2D eigenvalue weighted by Gasteiger charge is -2.09. The van der Waals surface area contributed by atoms with Crippen LogP contribution in [-0.2, 0) is 0 Å². The Morgan fingerprint density at radius 3 is 2.95 bits per heavy atom. The molecule has 0 radical (unpaired) electrons.